The van der Waals surface area contributed by atoms with Crippen molar-refractivity contribution >= 4 is 0 Å². The molecular formula is C21H20O5. The van der Waals surface area contributed by atoms with E-state index in [1.165, 1.54) is 36.4 Å². The smallest absolute Gasteiger partial charge is 0.131 e. The Bertz CT molecular complexity index is 904. The average Bonchev–Trinajstić information content (AvgIpc) is 2.56. The van der Waals surface area contributed by atoms with Crippen molar-refractivity contribution in [2.24, 2.45) is 0 Å². The van der Waals surface area contributed by atoms with Gasteiger partial charge in [-0.3, -0.25) is 0 Å². The van der Waals surface area contributed by atoms with E-state index >= 15 is 0 Å². The maximum Gasteiger partial charge on any atom is 0.131 e. The van der Waals surface area contributed by atoms with Gasteiger partial charge in [0.25, 0.3) is 0 Å². The van der Waals surface area contributed by atoms with E-state index in [0.29, 0.717) is 22.3 Å². The Hall–Kier alpha value is -3.34. The lowest BCUT2D eigenvalue weighted by Gasteiger charge is -2.17. The van der Waals surface area contributed by atoms with Crippen molar-refractivity contribution in [2.75, 3.05) is 0 Å². The summed E-state index contributed by atoms with van der Waals surface area (Å²) in [5.74, 6) is -0.475. The fraction of sp³-hybridized carbons (Fsp3) is 0.143. The molecule has 0 bridgehead atoms. The quantitative estimate of drug-likeness (QED) is 0.471. The van der Waals surface area contributed by atoms with Crippen LogP contribution >= 0.6 is 0 Å². The van der Waals surface area contributed by atoms with E-state index in [4.69, 9.17) is 0 Å². The van der Waals surface area contributed by atoms with E-state index in [9.17, 15) is 25.5 Å². The van der Waals surface area contributed by atoms with Gasteiger partial charge in [-0.2, -0.15) is 0 Å². The summed E-state index contributed by atoms with van der Waals surface area (Å²) >= 11 is 0. The van der Waals surface area contributed by atoms with Crippen LogP contribution in [-0.4, -0.2) is 25.5 Å². The number of hydrogen-bond acceptors (Lipinski definition) is 5. The zero-order valence-electron chi connectivity index (χ0n) is 14.4. The van der Waals surface area contributed by atoms with Crippen LogP contribution in [0.5, 0.6) is 28.7 Å². The topological polar surface area (TPSA) is 101 Å². The zero-order chi connectivity index (χ0) is 19.0. The minimum Gasteiger partial charge on any atom is -0.508 e. The van der Waals surface area contributed by atoms with Gasteiger partial charge in [0.05, 0.1) is 0 Å². The molecule has 3 aromatic rings. The van der Waals surface area contributed by atoms with Crippen molar-refractivity contribution in [1.29, 1.82) is 0 Å². The zero-order valence-corrected chi connectivity index (χ0v) is 14.4. The number of hydrogen-bond donors (Lipinski definition) is 5. The van der Waals surface area contributed by atoms with Crippen LogP contribution in [0.1, 0.15) is 25.3 Å². The molecule has 0 aliphatic heterocycles. The lowest BCUT2D eigenvalue weighted by Crippen LogP contribution is -1.93. The molecule has 0 saturated carbocycles. The number of phenolic OH excluding ortho intramolecular Hbond substituents is 5. The number of aromatic hydroxyl groups is 5. The maximum atomic E-state index is 10.8. The van der Waals surface area contributed by atoms with Crippen LogP contribution in [0, 0.1) is 0 Å². The van der Waals surface area contributed by atoms with Crippen LogP contribution in [0.3, 0.4) is 0 Å². The highest BCUT2D eigenvalue weighted by Gasteiger charge is 2.19. The second-order valence-corrected chi connectivity index (χ2v) is 6.52. The van der Waals surface area contributed by atoms with Crippen LogP contribution in [0.25, 0.3) is 22.3 Å². The Kier molecular flexibility index (Phi) is 4.38. The van der Waals surface area contributed by atoms with Crippen molar-refractivity contribution in [3.63, 3.8) is 0 Å². The first-order valence-electron chi connectivity index (χ1n) is 8.19. The molecule has 3 rings (SSSR count). The summed E-state index contributed by atoms with van der Waals surface area (Å²) in [5, 5.41) is 50.3. The SMILES string of the molecule is CC(C)c1cc(-c2ccc(O)cc2O)c(O)c(-c2ccc(O)cc2O)c1. The minimum atomic E-state index is -0.165. The monoisotopic (exact) mass is 352 g/mol. The lowest BCUT2D eigenvalue weighted by atomic mass is 9.90. The Balaban J connectivity index is 2.31. The molecule has 0 heterocycles. The highest BCUT2D eigenvalue weighted by molar-refractivity contribution is 5.87. The lowest BCUT2D eigenvalue weighted by molar-refractivity contribution is 0.449. The third-order valence-electron chi connectivity index (χ3n) is 4.34. The largest absolute Gasteiger partial charge is 0.508 e. The third kappa shape index (κ3) is 3.11. The Labute approximate surface area is 151 Å². The average molecular weight is 352 g/mol. The maximum absolute atomic E-state index is 10.8. The summed E-state index contributed by atoms with van der Waals surface area (Å²) in [5.41, 5.74) is 2.39. The summed E-state index contributed by atoms with van der Waals surface area (Å²) in [7, 11) is 0. The Morgan fingerprint density at radius 2 is 1.00 bits per heavy atom. The minimum absolute atomic E-state index is 0.0813. The van der Waals surface area contributed by atoms with Gasteiger partial charge in [0.2, 0.25) is 0 Å². The van der Waals surface area contributed by atoms with Crippen molar-refractivity contribution in [3.05, 3.63) is 54.1 Å². The summed E-state index contributed by atoms with van der Waals surface area (Å²) in [6, 6.07) is 11.8. The van der Waals surface area contributed by atoms with Crippen LogP contribution in [-0.2, 0) is 0 Å². The molecule has 0 aliphatic rings. The van der Waals surface area contributed by atoms with Gasteiger partial charge in [-0.25, -0.2) is 0 Å². The molecular weight excluding hydrogens is 332 g/mol. The second-order valence-electron chi connectivity index (χ2n) is 6.52. The van der Waals surface area contributed by atoms with Gasteiger partial charge in [-0.15, -0.1) is 0 Å². The van der Waals surface area contributed by atoms with Crippen LogP contribution < -0.4 is 0 Å². The van der Waals surface area contributed by atoms with Crippen molar-refractivity contribution < 1.29 is 25.5 Å². The van der Waals surface area contributed by atoms with E-state index < -0.39 is 0 Å². The number of rotatable bonds is 3. The predicted octanol–water partition coefficient (Wildman–Crippen LogP) is 4.67. The number of benzene rings is 3. The molecule has 0 amide bonds. The molecule has 3 aromatic carbocycles. The van der Waals surface area contributed by atoms with Gasteiger partial charge >= 0.3 is 0 Å². The standard InChI is InChI=1S/C21H20O5/c1-11(2)12-7-17(15-5-3-13(22)9-19(15)24)21(26)18(8-12)16-6-4-14(23)10-20(16)25/h3-11,22-26H,1-2H3. The highest BCUT2D eigenvalue weighted by Crippen LogP contribution is 2.46. The van der Waals surface area contributed by atoms with Gasteiger partial charge in [0, 0.05) is 34.4 Å². The van der Waals surface area contributed by atoms with Gasteiger partial charge < -0.3 is 25.5 Å². The molecule has 0 unspecified atom stereocenters. The molecule has 5 N–H and O–H groups in total. The van der Waals surface area contributed by atoms with Crippen molar-refractivity contribution in [2.45, 2.75) is 19.8 Å². The molecule has 5 nitrogen and oxygen atoms in total. The molecule has 26 heavy (non-hydrogen) atoms. The van der Waals surface area contributed by atoms with E-state index in [0.717, 1.165) is 5.56 Å². The summed E-state index contributed by atoms with van der Waals surface area (Å²) in [6.07, 6.45) is 0. The Morgan fingerprint density at radius 1 is 0.577 bits per heavy atom. The Morgan fingerprint density at radius 3 is 1.35 bits per heavy atom. The van der Waals surface area contributed by atoms with E-state index in [1.54, 1.807) is 12.1 Å². The van der Waals surface area contributed by atoms with Crippen molar-refractivity contribution in [1.82, 2.24) is 0 Å². The molecule has 0 saturated heterocycles. The first-order valence-corrected chi connectivity index (χ1v) is 8.19. The molecule has 0 radical (unpaired) electrons. The molecule has 0 fully saturated rings. The molecule has 5 heteroatoms. The van der Waals surface area contributed by atoms with Gasteiger partial charge in [-0.05, 0) is 47.9 Å². The van der Waals surface area contributed by atoms with Crippen molar-refractivity contribution in [3.8, 4) is 51.0 Å². The fourth-order valence-electron chi connectivity index (χ4n) is 2.90. The van der Waals surface area contributed by atoms with Gasteiger partial charge in [0.1, 0.15) is 28.7 Å². The normalized spacial score (nSPS) is 11.0. The molecule has 0 aromatic heterocycles. The van der Waals surface area contributed by atoms with Crippen LogP contribution in [0.2, 0.25) is 0 Å². The van der Waals surface area contributed by atoms with Crippen LogP contribution in [0.4, 0.5) is 0 Å². The molecule has 0 aliphatic carbocycles. The van der Waals surface area contributed by atoms with E-state index in [1.807, 2.05) is 13.8 Å². The second kappa shape index (κ2) is 6.52. The molecule has 134 valence electrons. The highest BCUT2D eigenvalue weighted by atomic mass is 16.3. The van der Waals surface area contributed by atoms with E-state index in [-0.39, 0.29) is 34.7 Å². The van der Waals surface area contributed by atoms with Gasteiger partial charge in [0.15, 0.2) is 0 Å². The van der Waals surface area contributed by atoms with Crippen LogP contribution in [0.15, 0.2) is 48.5 Å². The first-order chi connectivity index (χ1) is 12.3. The fourth-order valence-corrected chi connectivity index (χ4v) is 2.90. The third-order valence-corrected chi connectivity index (χ3v) is 4.34. The predicted molar refractivity (Wildman–Crippen MR) is 99.7 cm³/mol. The summed E-state index contributed by atoms with van der Waals surface area (Å²) in [6.45, 7) is 3.99. The summed E-state index contributed by atoms with van der Waals surface area (Å²) in [4.78, 5) is 0. The summed E-state index contributed by atoms with van der Waals surface area (Å²) < 4.78 is 0. The number of phenols is 5. The van der Waals surface area contributed by atoms with E-state index in [2.05, 4.69) is 0 Å². The van der Waals surface area contributed by atoms with Gasteiger partial charge in [-0.1, -0.05) is 13.8 Å². The molecule has 0 atom stereocenters. The first kappa shape index (κ1) is 17.5. The molecule has 0 spiro atoms.